The molecule has 0 aromatic heterocycles. The zero-order valence-corrected chi connectivity index (χ0v) is 16.3. The molecule has 6 heteroatoms. The van der Waals surface area contributed by atoms with Gasteiger partial charge in [-0.05, 0) is 65.5 Å². The van der Waals surface area contributed by atoms with Crippen LogP contribution in [0.5, 0.6) is 11.5 Å². The highest BCUT2D eigenvalue weighted by molar-refractivity contribution is 9.10. The summed E-state index contributed by atoms with van der Waals surface area (Å²) in [7, 11) is 1.57. The Morgan fingerprint density at radius 2 is 1.85 bits per heavy atom. The molecule has 0 atom stereocenters. The number of carbonyl (C=O) groups excluding carboxylic acids is 2. The first-order valence-electron chi connectivity index (χ1n) is 8.44. The van der Waals surface area contributed by atoms with E-state index in [1.54, 1.807) is 43.5 Å². The third kappa shape index (κ3) is 4.07. The Bertz CT molecular complexity index is 828. The molecule has 0 saturated heterocycles. The summed E-state index contributed by atoms with van der Waals surface area (Å²) in [5, 5.41) is 2.74. The summed E-state index contributed by atoms with van der Waals surface area (Å²) in [6.45, 7) is 1.41. The minimum Gasteiger partial charge on any atom is -0.497 e. The van der Waals surface area contributed by atoms with E-state index in [9.17, 15) is 9.59 Å². The van der Waals surface area contributed by atoms with E-state index in [2.05, 4.69) is 21.2 Å². The first-order chi connectivity index (χ1) is 12.5. The van der Waals surface area contributed by atoms with Crippen LogP contribution in [-0.4, -0.2) is 24.9 Å². The van der Waals surface area contributed by atoms with Gasteiger partial charge in [0.2, 0.25) is 5.91 Å². The molecule has 1 aliphatic carbocycles. The van der Waals surface area contributed by atoms with Crippen LogP contribution in [0, 0.1) is 0 Å². The Morgan fingerprint density at radius 1 is 1.15 bits per heavy atom. The molecule has 136 valence electrons. The fraction of sp³-hybridized carbons (Fsp3) is 0.300. The summed E-state index contributed by atoms with van der Waals surface area (Å²) < 4.78 is 11.8. The standard InChI is InChI=1S/C20H20BrNO4/c1-12(23)22-18-11-19(26-15-4-3-5-15)17(21)10-16(18)20(24)13-6-8-14(25-2)9-7-13/h6-11,15H,3-5H2,1-2H3,(H,22,23). The van der Waals surface area contributed by atoms with E-state index in [-0.39, 0.29) is 17.8 Å². The number of hydrogen-bond acceptors (Lipinski definition) is 4. The molecule has 1 amide bonds. The highest BCUT2D eigenvalue weighted by Crippen LogP contribution is 2.36. The molecule has 0 aliphatic heterocycles. The van der Waals surface area contributed by atoms with Gasteiger partial charge in [-0.25, -0.2) is 0 Å². The summed E-state index contributed by atoms with van der Waals surface area (Å²) >= 11 is 3.48. The Balaban J connectivity index is 1.96. The number of carbonyl (C=O) groups is 2. The predicted molar refractivity (Wildman–Crippen MR) is 103 cm³/mol. The predicted octanol–water partition coefficient (Wildman–Crippen LogP) is 4.58. The number of anilines is 1. The molecule has 0 unspecified atom stereocenters. The van der Waals surface area contributed by atoms with Crippen molar-refractivity contribution in [3.63, 3.8) is 0 Å². The number of rotatable bonds is 6. The number of amides is 1. The number of benzene rings is 2. The average Bonchev–Trinajstić information content (AvgIpc) is 2.59. The van der Waals surface area contributed by atoms with Crippen molar-refractivity contribution >= 4 is 33.3 Å². The van der Waals surface area contributed by atoms with Crippen molar-refractivity contribution in [2.45, 2.75) is 32.3 Å². The van der Waals surface area contributed by atoms with Crippen molar-refractivity contribution in [1.29, 1.82) is 0 Å². The highest BCUT2D eigenvalue weighted by atomic mass is 79.9. The molecular weight excluding hydrogens is 398 g/mol. The van der Waals surface area contributed by atoms with E-state index >= 15 is 0 Å². The molecule has 0 bridgehead atoms. The van der Waals surface area contributed by atoms with Crippen LogP contribution in [0.15, 0.2) is 40.9 Å². The van der Waals surface area contributed by atoms with Crippen LogP contribution in [0.4, 0.5) is 5.69 Å². The molecule has 1 saturated carbocycles. The number of ketones is 1. The van der Waals surface area contributed by atoms with Crippen molar-refractivity contribution in [3.05, 3.63) is 52.0 Å². The largest absolute Gasteiger partial charge is 0.497 e. The minimum atomic E-state index is -0.245. The smallest absolute Gasteiger partial charge is 0.221 e. The Hall–Kier alpha value is -2.34. The Labute approximate surface area is 160 Å². The molecule has 26 heavy (non-hydrogen) atoms. The zero-order chi connectivity index (χ0) is 18.7. The van der Waals surface area contributed by atoms with Crippen molar-refractivity contribution in [1.82, 2.24) is 0 Å². The lowest BCUT2D eigenvalue weighted by molar-refractivity contribution is -0.114. The van der Waals surface area contributed by atoms with Gasteiger partial charge in [-0.3, -0.25) is 9.59 Å². The van der Waals surface area contributed by atoms with Crippen LogP contribution >= 0.6 is 15.9 Å². The van der Waals surface area contributed by atoms with Crippen LogP contribution in [-0.2, 0) is 4.79 Å². The number of hydrogen-bond donors (Lipinski definition) is 1. The van der Waals surface area contributed by atoms with E-state index in [0.717, 1.165) is 19.3 Å². The summed E-state index contributed by atoms with van der Waals surface area (Å²) in [4.78, 5) is 24.5. The van der Waals surface area contributed by atoms with Crippen molar-refractivity contribution in [3.8, 4) is 11.5 Å². The van der Waals surface area contributed by atoms with Crippen LogP contribution < -0.4 is 14.8 Å². The fourth-order valence-corrected chi connectivity index (χ4v) is 3.13. The van der Waals surface area contributed by atoms with E-state index in [4.69, 9.17) is 9.47 Å². The van der Waals surface area contributed by atoms with Gasteiger partial charge in [0.25, 0.3) is 0 Å². The van der Waals surface area contributed by atoms with Gasteiger partial charge in [-0.2, -0.15) is 0 Å². The van der Waals surface area contributed by atoms with Crippen molar-refractivity contribution in [2.75, 3.05) is 12.4 Å². The normalized spacial score (nSPS) is 13.7. The molecule has 3 rings (SSSR count). The molecule has 0 spiro atoms. The third-order valence-corrected chi connectivity index (χ3v) is 4.95. The monoisotopic (exact) mass is 417 g/mol. The highest BCUT2D eigenvalue weighted by Gasteiger charge is 2.23. The number of halogens is 1. The Morgan fingerprint density at radius 3 is 2.38 bits per heavy atom. The summed E-state index contributed by atoms with van der Waals surface area (Å²) in [5.74, 6) is 0.872. The lowest BCUT2D eigenvalue weighted by Crippen LogP contribution is -2.25. The maximum Gasteiger partial charge on any atom is 0.221 e. The molecule has 0 heterocycles. The lowest BCUT2D eigenvalue weighted by Gasteiger charge is -2.27. The maximum absolute atomic E-state index is 12.9. The van der Waals surface area contributed by atoms with E-state index in [1.165, 1.54) is 6.92 Å². The quantitative estimate of drug-likeness (QED) is 0.698. The summed E-state index contributed by atoms with van der Waals surface area (Å²) in [5.41, 5.74) is 1.35. The van der Waals surface area contributed by atoms with Gasteiger partial charge in [0.1, 0.15) is 11.5 Å². The molecule has 2 aromatic carbocycles. The van der Waals surface area contributed by atoms with Gasteiger partial charge >= 0.3 is 0 Å². The van der Waals surface area contributed by atoms with E-state index in [0.29, 0.717) is 32.8 Å². The molecular formula is C20H20BrNO4. The third-order valence-electron chi connectivity index (χ3n) is 4.33. The van der Waals surface area contributed by atoms with Crippen LogP contribution in [0.3, 0.4) is 0 Å². The van der Waals surface area contributed by atoms with E-state index < -0.39 is 0 Å². The zero-order valence-electron chi connectivity index (χ0n) is 14.7. The SMILES string of the molecule is COc1ccc(C(=O)c2cc(Br)c(OC3CCC3)cc2NC(C)=O)cc1. The second-order valence-corrected chi connectivity index (χ2v) is 7.09. The molecule has 5 nitrogen and oxygen atoms in total. The number of ether oxygens (including phenoxy) is 2. The van der Waals surface area contributed by atoms with Crippen LogP contribution in [0.25, 0.3) is 0 Å². The first-order valence-corrected chi connectivity index (χ1v) is 9.23. The topological polar surface area (TPSA) is 64.6 Å². The lowest BCUT2D eigenvalue weighted by atomic mass is 9.96. The van der Waals surface area contributed by atoms with Gasteiger partial charge in [0.15, 0.2) is 5.78 Å². The number of methoxy groups -OCH3 is 1. The van der Waals surface area contributed by atoms with Gasteiger partial charge in [-0.15, -0.1) is 0 Å². The van der Waals surface area contributed by atoms with Crippen LogP contribution in [0.1, 0.15) is 42.1 Å². The molecule has 1 aliphatic rings. The van der Waals surface area contributed by atoms with Crippen molar-refractivity contribution < 1.29 is 19.1 Å². The average molecular weight is 418 g/mol. The van der Waals surface area contributed by atoms with Gasteiger partial charge in [-0.1, -0.05) is 0 Å². The molecule has 1 N–H and O–H groups in total. The van der Waals surface area contributed by atoms with Gasteiger partial charge < -0.3 is 14.8 Å². The number of nitrogens with one attached hydrogen (secondary N) is 1. The first kappa shape index (κ1) is 18.5. The second-order valence-electron chi connectivity index (χ2n) is 6.24. The molecule has 2 aromatic rings. The molecule has 0 radical (unpaired) electrons. The maximum atomic E-state index is 12.9. The minimum absolute atomic E-state index is 0.188. The second kappa shape index (κ2) is 7.91. The summed E-state index contributed by atoms with van der Waals surface area (Å²) in [6, 6.07) is 10.3. The fourth-order valence-electron chi connectivity index (χ4n) is 2.69. The van der Waals surface area contributed by atoms with Crippen LogP contribution in [0.2, 0.25) is 0 Å². The molecule has 1 fully saturated rings. The van der Waals surface area contributed by atoms with E-state index in [1.807, 2.05) is 0 Å². The summed E-state index contributed by atoms with van der Waals surface area (Å²) in [6.07, 6.45) is 3.40. The Kier molecular flexibility index (Phi) is 5.61. The van der Waals surface area contributed by atoms with Crippen molar-refractivity contribution in [2.24, 2.45) is 0 Å². The van der Waals surface area contributed by atoms with Gasteiger partial charge in [0, 0.05) is 24.1 Å². The van der Waals surface area contributed by atoms with Gasteiger partial charge in [0.05, 0.1) is 23.4 Å².